The van der Waals surface area contributed by atoms with Crippen molar-refractivity contribution in [3.8, 4) is 0 Å². The summed E-state index contributed by atoms with van der Waals surface area (Å²) in [6, 6.07) is 0. The highest BCUT2D eigenvalue weighted by Crippen LogP contribution is 2.37. The lowest BCUT2D eigenvalue weighted by atomic mass is 10.2. The molecule has 0 amide bonds. The summed E-state index contributed by atoms with van der Waals surface area (Å²) in [5.41, 5.74) is 0.0404. The van der Waals surface area contributed by atoms with Crippen molar-refractivity contribution in [3.05, 3.63) is 23.0 Å². The number of hydrogen-bond donors (Lipinski definition) is 1. The first kappa shape index (κ1) is 17.5. The summed E-state index contributed by atoms with van der Waals surface area (Å²) >= 11 is 3.44. The highest BCUT2D eigenvalue weighted by molar-refractivity contribution is 9.09. The van der Waals surface area contributed by atoms with Gasteiger partial charge in [-0.1, -0.05) is 15.9 Å². The molecule has 0 aliphatic carbocycles. The predicted octanol–water partition coefficient (Wildman–Crippen LogP) is 0.275. The predicted molar refractivity (Wildman–Crippen MR) is 87.0 cm³/mol. The number of aromatic amines is 1. The third-order valence-corrected chi connectivity index (χ3v) is 4.77. The fraction of sp³-hybridized carbons (Fsp3) is 0.500. The molecule has 3 rings (SSSR count). The van der Waals surface area contributed by atoms with Gasteiger partial charge >= 0.3 is 11.9 Å². The Morgan fingerprint density at radius 2 is 2.12 bits per heavy atom. The maximum Gasteiger partial charge on any atom is 0.303 e. The van der Waals surface area contributed by atoms with E-state index in [-0.39, 0.29) is 12.1 Å². The standard InChI is InChI=1S/C14H15BrN4O6/c1-6(20)23-3-8-9(15)11(24-7(2)21)14(25-8)19-5-18-10-12(19)16-4-17-13(10)22/h4-5,8-9,11,14H,3H2,1-2H3,(H,16,17,22)/t8-,9?,11?,14-/m1/s1. The van der Waals surface area contributed by atoms with E-state index in [0.717, 1.165) is 0 Å². The number of nitrogens with zero attached hydrogens (tertiary/aromatic N) is 3. The number of imidazole rings is 1. The Balaban J connectivity index is 1.96. The number of rotatable bonds is 4. The van der Waals surface area contributed by atoms with Crippen LogP contribution in [0.15, 0.2) is 17.4 Å². The van der Waals surface area contributed by atoms with Crippen LogP contribution in [0.1, 0.15) is 20.1 Å². The van der Waals surface area contributed by atoms with E-state index in [1.165, 1.54) is 31.1 Å². The molecule has 1 aliphatic heterocycles. The fourth-order valence-corrected chi connectivity index (χ4v) is 3.27. The van der Waals surface area contributed by atoms with Crippen LogP contribution >= 0.6 is 15.9 Å². The summed E-state index contributed by atoms with van der Waals surface area (Å²) in [4.78, 5) is 44.5. The summed E-state index contributed by atoms with van der Waals surface area (Å²) in [5, 5.41) is 0. The Kier molecular flexibility index (Phi) is 4.86. The minimum Gasteiger partial charge on any atom is -0.463 e. The Hall–Kier alpha value is -2.27. The third-order valence-electron chi connectivity index (χ3n) is 3.66. The topological polar surface area (TPSA) is 125 Å². The average molecular weight is 415 g/mol. The van der Waals surface area contributed by atoms with Crippen molar-refractivity contribution < 1.29 is 23.8 Å². The molecule has 1 fully saturated rings. The van der Waals surface area contributed by atoms with E-state index in [1.54, 1.807) is 0 Å². The number of halogens is 1. The second-order valence-electron chi connectivity index (χ2n) is 5.44. The zero-order valence-electron chi connectivity index (χ0n) is 13.3. The number of ether oxygens (including phenoxy) is 3. The Morgan fingerprint density at radius 3 is 2.80 bits per heavy atom. The van der Waals surface area contributed by atoms with Gasteiger partial charge in [-0.15, -0.1) is 0 Å². The number of carbonyl (C=O) groups excluding carboxylic acids is 2. The molecule has 0 saturated carbocycles. The van der Waals surface area contributed by atoms with E-state index in [2.05, 4.69) is 30.9 Å². The lowest BCUT2D eigenvalue weighted by molar-refractivity contribution is -0.152. The minimum absolute atomic E-state index is 0.0137. The van der Waals surface area contributed by atoms with Crippen molar-refractivity contribution >= 4 is 39.0 Å². The maximum absolute atomic E-state index is 11.8. The van der Waals surface area contributed by atoms with E-state index in [9.17, 15) is 14.4 Å². The molecule has 1 saturated heterocycles. The summed E-state index contributed by atoms with van der Waals surface area (Å²) in [6.07, 6.45) is 0.574. The number of alkyl halides is 1. The minimum atomic E-state index is -0.784. The van der Waals surface area contributed by atoms with E-state index >= 15 is 0 Å². The van der Waals surface area contributed by atoms with E-state index < -0.39 is 40.8 Å². The summed E-state index contributed by atoms with van der Waals surface area (Å²) in [6.45, 7) is 2.56. The van der Waals surface area contributed by atoms with Gasteiger partial charge in [0.2, 0.25) is 0 Å². The van der Waals surface area contributed by atoms with Gasteiger partial charge in [-0.3, -0.25) is 19.0 Å². The number of hydrogen-bond acceptors (Lipinski definition) is 8. The van der Waals surface area contributed by atoms with Gasteiger partial charge in [0.15, 0.2) is 23.5 Å². The van der Waals surface area contributed by atoms with Gasteiger partial charge in [0, 0.05) is 13.8 Å². The number of esters is 2. The Bertz CT molecular complexity index is 864. The van der Waals surface area contributed by atoms with E-state index in [0.29, 0.717) is 5.65 Å². The molecule has 0 bridgehead atoms. The number of nitrogens with one attached hydrogen (secondary N) is 1. The molecule has 0 radical (unpaired) electrons. The van der Waals surface area contributed by atoms with Crippen LogP contribution in [0.3, 0.4) is 0 Å². The first-order chi connectivity index (χ1) is 11.9. The van der Waals surface area contributed by atoms with Crippen molar-refractivity contribution in [2.75, 3.05) is 6.61 Å². The quantitative estimate of drug-likeness (QED) is 0.558. The molecule has 0 spiro atoms. The normalized spacial score (nSPS) is 25.9. The third kappa shape index (κ3) is 3.42. The molecule has 0 aromatic carbocycles. The SMILES string of the molecule is CC(=O)OC[C@H]1O[C@@H](n2cnc3c(=O)[nH]cnc32)C(OC(C)=O)C1Br. The first-order valence-electron chi connectivity index (χ1n) is 7.39. The molecule has 134 valence electrons. The molecule has 2 aromatic heterocycles. The highest BCUT2D eigenvalue weighted by atomic mass is 79.9. The fourth-order valence-electron chi connectivity index (χ4n) is 2.62. The number of fused-ring (bicyclic) bond motifs is 1. The first-order valence-corrected chi connectivity index (χ1v) is 8.30. The van der Waals surface area contributed by atoms with Crippen LogP contribution in [0, 0.1) is 0 Å². The average Bonchev–Trinajstić information content (AvgIpc) is 3.09. The summed E-state index contributed by atoms with van der Waals surface area (Å²) in [5.74, 6) is -0.941. The Morgan fingerprint density at radius 1 is 1.36 bits per heavy atom. The van der Waals surface area contributed by atoms with Crippen LogP contribution in [0.25, 0.3) is 11.2 Å². The molecular weight excluding hydrogens is 400 g/mol. The smallest absolute Gasteiger partial charge is 0.303 e. The van der Waals surface area contributed by atoms with Crippen molar-refractivity contribution in [3.63, 3.8) is 0 Å². The lowest BCUT2D eigenvalue weighted by Crippen LogP contribution is -2.33. The van der Waals surface area contributed by atoms with E-state index in [4.69, 9.17) is 14.2 Å². The molecule has 1 aliphatic rings. The van der Waals surface area contributed by atoms with Crippen LogP contribution in [0.4, 0.5) is 0 Å². The lowest BCUT2D eigenvalue weighted by Gasteiger charge is -2.21. The summed E-state index contributed by atoms with van der Waals surface area (Å²) in [7, 11) is 0. The van der Waals surface area contributed by atoms with Gasteiger partial charge in [0.05, 0.1) is 17.5 Å². The van der Waals surface area contributed by atoms with Crippen LogP contribution in [-0.4, -0.2) is 55.1 Å². The van der Waals surface area contributed by atoms with Crippen molar-refractivity contribution in [2.24, 2.45) is 0 Å². The number of H-pyrrole nitrogens is 1. The Labute approximate surface area is 149 Å². The van der Waals surface area contributed by atoms with Crippen LogP contribution < -0.4 is 5.56 Å². The molecule has 10 nitrogen and oxygen atoms in total. The second-order valence-corrected chi connectivity index (χ2v) is 6.50. The van der Waals surface area contributed by atoms with Crippen molar-refractivity contribution in [1.29, 1.82) is 0 Å². The molecule has 2 aromatic rings. The van der Waals surface area contributed by atoms with Crippen LogP contribution in [0.5, 0.6) is 0 Å². The largest absolute Gasteiger partial charge is 0.463 e. The van der Waals surface area contributed by atoms with Gasteiger partial charge in [-0.05, 0) is 0 Å². The molecular formula is C14H15BrN4O6. The van der Waals surface area contributed by atoms with Gasteiger partial charge in [-0.25, -0.2) is 9.97 Å². The number of carbonyl (C=O) groups is 2. The summed E-state index contributed by atoms with van der Waals surface area (Å²) < 4.78 is 17.8. The zero-order chi connectivity index (χ0) is 18.1. The van der Waals surface area contributed by atoms with Gasteiger partial charge < -0.3 is 19.2 Å². The second kappa shape index (κ2) is 6.92. The molecule has 25 heavy (non-hydrogen) atoms. The van der Waals surface area contributed by atoms with Crippen molar-refractivity contribution in [1.82, 2.24) is 19.5 Å². The highest BCUT2D eigenvalue weighted by Gasteiger charge is 2.47. The molecule has 3 heterocycles. The van der Waals surface area contributed by atoms with E-state index in [1.807, 2.05) is 0 Å². The van der Waals surface area contributed by atoms with Crippen LogP contribution in [0.2, 0.25) is 0 Å². The van der Waals surface area contributed by atoms with Crippen molar-refractivity contribution in [2.45, 2.75) is 37.1 Å². The maximum atomic E-state index is 11.8. The van der Waals surface area contributed by atoms with Crippen LogP contribution in [-0.2, 0) is 23.8 Å². The zero-order valence-corrected chi connectivity index (χ0v) is 14.9. The monoisotopic (exact) mass is 414 g/mol. The number of aromatic nitrogens is 4. The molecule has 4 atom stereocenters. The van der Waals surface area contributed by atoms with Gasteiger partial charge in [0.25, 0.3) is 5.56 Å². The molecule has 2 unspecified atom stereocenters. The molecule has 1 N–H and O–H groups in total. The van der Waals surface area contributed by atoms with Gasteiger partial charge in [0.1, 0.15) is 12.7 Å². The molecule has 11 heteroatoms. The van der Waals surface area contributed by atoms with Gasteiger partial charge in [-0.2, -0.15) is 0 Å².